The zero-order valence-corrected chi connectivity index (χ0v) is 14.4. The number of ketones is 1. The van der Waals surface area contributed by atoms with Crippen molar-refractivity contribution in [1.82, 2.24) is 20.1 Å². The molecule has 23 heavy (non-hydrogen) atoms. The Morgan fingerprint density at radius 1 is 1.30 bits per heavy atom. The molecule has 1 fully saturated rings. The van der Waals surface area contributed by atoms with E-state index in [0.717, 1.165) is 30.7 Å². The number of Topliss-reactive ketones (excluding diaryl/α,β-unsaturated/α-hetero) is 1. The number of hydrogen-bond acceptors (Lipinski definition) is 5. The van der Waals surface area contributed by atoms with E-state index in [1.165, 1.54) is 11.3 Å². The Bertz CT molecular complexity index is 742. The quantitative estimate of drug-likeness (QED) is 0.688. The number of nitrogens with zero attached hydrogens (tertiary/aromatic N) is 3. The van der Waals surface area contributed by atoms with Crippen molar-refractivity contribution in [3.05, 3.63) is 33.5 Å². The van der Waals surface area contributed by atoms with E-state index in [1.54, 1.807) is 31.8 Å². The van der Waals surface area contributed by atoms with Crippen molar-refractivity contribution in [3.8, 4) is 0 Å². The lowest BCUT2D eigenvalue weighted by Gasteiger charge is -2.27. The molecule has 0 unspecified atom stereocenters. The van der Waals surface area contributed by atoms with Crippen molar-refractivity contribution in [2.24, 2.45) is 7.05 Å². The van der Waals surface area contributed by atoms with E-state index >= 15 is 0 Å². The molecule has 1 aliphatic rings. The second-order valence-electron chi connectivity index (χ2n) is 6.08. The van der Waals surface area contributed by atoms with Crippen LogP contribution in [-0.2, 0) is 17.4 Å². The molecular weight excluding hydrogens is 312 g/mol. The Morgan fingerprint density at radius 3 is 2.52 bits per heavy atom. The molecule has 0 aliphatic heterocycles. The Morgan fingerprint density at radius 2 is 2.00 bits per heavy atom. The average Bonchev–Trinajstić information content (AvgIpc) is 3.22. The number of carbonyl (C=O) groups excluding carboxylic acids is 2. The molecule has 0 saturated heterocycles. The van der Waals surface area contributed by atoms with Gasteiger partial charge in [-0.1, -0.05) is 12.8 Å². The van der Waals surface area contributed by atoms with Crippen LogP contribution in [0.25, 0.3) is 0 Å². The summed E-state index contributed by atoms with van der Waals surface area (Å²) in [6.07, 6.45) is 5.44. The third kappa shape index (κ3) is 2.69. The Hall–Kier alpha value is -2.02. The second-order valence-corrected chi connectivity index (χ2v) is 6.97. The van der Waals surface area contributed by atoms with Gasteiger partial charge in [0.25, 0.3) is 11.7 Å². The largest absolute Gasteiger partial charge is 0.337 e. The zero-order valence-electron chi connectivity index (χ0n) is 13.5. The normalized spacial score (nSPS) is 16.5. The fourth-order valence-electron chi connectivity index (χ4n) is 3.32. The van der Waals surface area contributed by atoms with E-state index in [9.17, 15) is 9.59 Å². The molecule has 0 spiro atoms. The van der Waals surface area contributed by atoms with Crippen LogP contribution in [0.15, 0.2) is 11.6 Å². The summed E-state index contributed by atoms with van der Waals surface area (Å²) < 4.78 is 1.63. The molecular formula is C16H20N4O2S. The lowest BCUT2D eigenvalue weighted by molar-refractivity contribution is -0.119. The van der Waals surface area contributed by atoms with Crippen LogP contribution in [0, 0.1) is 13.8 Å². The highest BCUT2D eigenvalue weighted by atomic mass is 32.1. The van der Waals surface area contributed by atoms with Crippen LogP contribution in [0.5, 0.6) is 0 Å². The molecule has 0 atom stereocenters. The molecule has 122 valence electrons. The van der Waals surface area contributed by atoms with Crippen LogP contribution in [-0.4, -0.2) is 26.5 Å². The third-order valence-electron chi connectivity index (χ3n) is 4.59. The molecule has 7 heteroatoms. The molecule has 2 aromatic heterocycles. The van der Waals surface area contributed by atoms with E-state index in [2.05, 4.69) is 15.4 Å². The first-order valence-corrected chi connectivity index (χ1v) is 8.59. The highest BCUT2D eigenvalue weighted by molar-refractivity contribution is 7.09. The maximum atomic E-state index is 12.6. The van der Waals surface area contributed by atoms with Crippen LogP contribution >= 0.6 is 11.3 Å². The standard InChI is InChI=1S/C16H20N4O2S/c1-10-12(11(2)20(3)19-10)13(21)14(22)18-16(6-4-5-7-16)15-17-8-9-23-15/h8-9H,4-7H2,1-3H3,(H,18,22). The molecule has 0 aromatic carbocycles. The van der Waals surface area contributed by atoms with Crippen molar-refractivity contribution in [2.75, 3.05) is 0 Å². The maximum Gasteiger partial charge on any atom is 0.293 e. The SMILES string of the molecule is Cc1nn(C)c(C)c1C(=O)C(=O)NC1(c2nccs2)CCCC1. The summed E-state index contributed by atoms with van der Waals surface area (Å²) in [5, 5.41) is 9.98. The molecule has 3 rings (SSSR count). The van der Waals surface area contributed by atoms with Crippen molar-refractivity contribution in [1.29, 1.82) is 0 Å². The topological polar surface area (TPSA) is 76.9 Å². The number of aromatic nitrogens is 3. The number of rotatable bonds is 4. The summed E-state index contributed by atoms with van der Waals surface area (Å²) in [5.74, 6) is -1.09. The van der Waals surface area contributed by atoms with Crippen molar-refractivity contribution in [2.45, 2.75) is 45.1 Å². The van der Waals surface area contributed by atoms with Crippen molar-refractivity contribution >= 4 is 23.0 Å². The third-order valence-corrected chi connectivity index (χ3v) is 5.57. The number of thiazole rings is 1. The predicted molar refractivity (Wildman–Crippen MR) is 87.4 cm³/mol. The van der Waals surface area contributed by atoms with Gasteiger partial charge in [0.15, 0.2) is 0 Å². The first-order valence-electron chi connectivity index (χ1n) is 7.71. The number of nitrogens with one attached hydrogen (secondary N) is 1. The van der Waals surface area contributed by atoms with E-state index in [0.29, 0.717) is 17.0 Å². The number of aryl methyl sites for hydroxylation is 2. The first kappa shape index (κ1) is 15.9. The highest BCUT2D eigenvalue weighted by Gasteiger charge is 2.41. The minimum absolute atomic E-state index is 0.400. The van der Waals surface area contributed by atoms with Gasteiger partial charge in [-0.2, -0.15) is 5.10 Å². The Balaban J connectivity index is 1.87. The van der Waals surface area contributed by atoms with Gasteiger partial charge < -0.3 is 5.32 Å². The summed E-state index contributed by atoms with van der Waals surface area (Å²) in [6.45, 7) is 3.55. The molecule has 1 aliphatic carbocycles. The predicted octanol–water partition coefficient (Wildman–Crippen LogP) is 2.26. The summed E-state index contributed by atoms with van der Waals surface area (Å²) in [4.78, 5) is 29.6. The number of hydrogen-bond donors (Lipinski definition) is 1. The summed E-state index contributed by atoms with van der Waals surface area (Å²) in [7, 11) is 1.77. The van der Waals surface area contributed by atoms with Gasteiger partial charge in [0, 0.05) is 24.3 Å². The number of carbonyl (C=O) groups is 2. The minimum atomic E-state index is -0.568. The van der Waals surface area contributed by atoms with Crippen LogP contribution in [0.3, 0.4) is 0 Å². The molecule has 1 amide bonds. The first-order chi connectivity index (χ1) is 10.9. The Kier molecular flexibility index (Phi) is 4.06. The minimum Gasteiger partial charge on any atom is -0.337 e. The van der Waals surface area contributed by atoms with Crippen LogP contribution in [0.2, 0.25) is 0 Å². The lowest BCUT2D eigenvalue weighted by atomic mass is 9.97. The number of amides is 1. The van der Waals surface area contributed by atoms with E-state index in [4.69, 9.17) is 0 Å². The van der Waals surface area contributed by atoms with Crippen LogP contribution < -0.4 is 5.32 Å². The van der Waals surface area contributed by atoms with Gasteiger partial charge in [0.1, 0.15) is 5.01 Å². The van der Waals surface area contributed by atoms with Gasteiger partial charge in [0.05, 0.1) is 16.8 Å². The lowest BCUT2D eigenvalue weighted by Crippen LogP contribution is -2.46. The molecule has 0 radical (unpaired) electrons. The fourth-order valence-corrected chi connectivity index (χ4v) is 4.17. The summed E-state index contributed by atoms with van der Waals surface area (Å²) in [6, 6.07) is 0. The van der Waals surface area contributed by atoms with Gasteiger partial charge in [-0.3, -0.25) is 14.3 Å². The fraction of sp³-hybridized carbons (Fsp3) is 0.500. The van der Waals surface area contributed by atoms with E-state index < -0.39 is 17.2 Å². The van der Waals surface area contributed by atoms with Crippen molar-refractivity contribution in [3.63, 3.8) is 0 Å². The monoisotopic (exact) mass is 332 g/mol. The summed E-state index contributed by atoms with van der Waals surface area (Å²) >= 11 is 1.53. The molecule has 0 bridgehead atoms. The van der Waals surface area contributed by atoms with Gasteiger partial charge in [-0.25, -0.2) is 4.98 Å². The summed E-state index contributed by atoms with van der Waals surface area (Å²) in [5.41, 5.74) is 1.19. The van der Waals surface area contributed by atoms with Crippen LogP contribution in [0.1, 0.15) is 52.4 Å². The maximum absolute atomic E-state index is 12.6. The van der Waals surface area contributed by atoms with Gasteiger partial charge in [-0.15, -0.1) is 11.3 Å². The van der Waals surface area contributed by atoms with Gasteiger partial charge in [-0.05, 0) is 26.7 Å². The van der Waals surface area contributed by atoms with Gasteiger partial charge in [0.2, 0.25) is 0 Å². The van der Waals surface area contributed by atoms with Crippen LogP contribution in [0.4, 0.5) is 0 Å². The van der Waals surface area contributed by atoms with E-state index in [-0.39, 0.29) is 0 Å². The smallest absolute Gasteiger partial charge is 0.293 e. The molecule has 1 N–H and O–H groups in total. The zero-order chi connectivity index (χ0) is 16.6. The van der Waals surface area contributed by atoms with E-state index in [1.807, 2.05) is 5.38 Å². The van der Waals surface area contributed by atoms with Crippen molar-refractivity contribution < 1.29 is 9.59 Å². The molecule has 1 saturated carbocycles. The molecule has 6 nitrogen and oxygen atoms in total. The van der Waals surface area contributed by atoms with Gasteiger partial charge >= 0.3 is 0 Å². The average molecular weight is 332 g/mol. The molecule has 2 aromatic rings. The second kappa shape index (κ2) is 5.88. The molecule has 2 heterocycles. The Labute approximate surface area is 138 Å². The highest BCUT2D eigenvalue weighted by Crippen LogP contribution is 2.39.